The Bertz CT molecular complexity index is 851. The maximum atomic E-state index is 12.8. The van der Waals surface area contributed by atoms with Crippen LogP contribution in [0, 0.1) is 5.92 Å². The first-order chi connectivity index (χ1) is 16.1. The highest BCUT2D eigenvalue weighted by Gasteiger charge is 2.40. The molecular formula is C25H34N2O6. The van der Waals surface area contributed by atoms with Crippen LogP contribution in [0.25, 0.3) is 0 Å². The lowest BCUT2D eigenvalue weighted by Gasteiger charge is -2.29. The van der Waals surface area contributed by atoms with Gasteiger partial charge in [-0.05, 0) is 30.9 Å². The zero-order valence-corrected chi connectivity index (χ0v) is 19.2. The molecule has 4 rings (SSSR count). The van der Waals surface area contributed by atoms with Crippen molar-refractivity contribution in [2.24, 2.45) is 5.92 Å². The second kappa shape index (κ2) is 11.6. The number of carbonyl (C=O) groups is 3. The molecule has 0 bridgehead atoms. The van der Waals surface area contributed by atoms with E-state index in [-0.39, 0.29) is 18.2 Å². The number of imide groups is 1. The fourth-order valence-electron chi connectivity index (χ4n) is 4.95. The topological polar surface area (TPSA) is 94.2 Å². The van der Waals surface area contributed by atoms with Gasteiger partial charge in [0.25, 0.3) is 5.91 Å². The van der Waals surface area contributed by atoms with Gasteiger partial charge in [0.15, 0.2) is 0 Å². The molecule has 8 nitrogen and oxygen atoms in total. The van der Waals surface area contributed by atoms with Crippen LogP contribution in [0.4, 0.5) is 0 Å². The summed E-state index contributed by atoms with van der Waals surface area (Å²) in [4.78, 5) is 38.0. The van der Waals surface area contributed by atoms with Crippen LogP contribution in [0.5, 0.6) is 5.75 Å². The number of fused-ring (bicyclic) bond motifs is 1. The predicted octanol–water partition coefficient (Wildman–Crippen LogP) is 2.83. The molecule has 1 aliphatic carbocycles. The minimum atomic E-state index is -0.628. The summed E-state index contributed by atoms with van der Waals surface area (Å²) >= 11 is 0. The SMILES string of the molecule is O=C1CCC(N2Cc3c(OCCOCCOCCC4CCCCC4)cccc3C2=O)C(=O)N1. The number of rotatable bonds is 11. The zero-order chi connectivity index (χ0) is 23.0. The van der Waals surface area contributed by atoms with Gasteiger partial charge in [-0.1, -0.05) is 38.2 Å². The summed E-state index contributed by atoms with van der Waals surface area (Å²) in [6.07, 6.45) is 8.53. The molecule has 0 spiro atoms. The minimum absolute atomic E-state index is 0.202. The van der Waals surface area contributed by atoms with Crippen LogP contribution in [0.2, 0.25) is 0 Å². The third kappa shape index (κ3) is 6.12. The summed E-state index contributed by atoms with van der Waals surface area (Å²) in [5.41, 5.74) is 1.32. The standard InChI is InChI=1S/C25H34N2O6/c28-23-10-9-21(24(29)26-23)27-17-20-19(25(27)30)7-4-8-22(20)33-16-15-32-14-13-31-12-11-18-5-2-1-3-6-18/h4,7-8,18,21H,1-3,5-6,9-17H2,(H,26,28,29). The number of amides is 3. The Hall–Kier alpha value is -2.45. The van der Waals surface area contributed by atoms with E-state index in [1.54, 1.807) is 12.1 Å². The van der Waals surface area contributed by atoms with Crippen LogP contribution in [0.1, 0.15) is 67.3 Å². The average molecular weight is 459 g/mol. The quantitative estimate of drug-likeness (QED) is 0.405. The predicted molar refractivity (Wildman–Crippen MR) is 121 cm³/mol. The van der Waals surface area contributed by atoms with Crippen molar-refractivity contribution in [2.45, 2.75) is 64.0 Å². The van der Waals surface area contributed by atoms with E-state index < -0.39 is 11.9 Å². The molecule has 8 heteroatoms. The Morgan fingerprint density at radius 1 is 0.909 bits per heavy atom. The van der Waals surface area contributed by atoms with Crippen molar-refractivity contribution < 1.29 is 28.6 Å². The van der Waals surface area contributed by atoms with Gasteiger partial charge in [-0.15, -0.1) is 0 Å². The van der Waals surface area contributed by atoms with E-state index >= 15 is 0 Å². The van der Waals surface area contributed by atoms with Crippen LogP contribution in [0.15, 0.2) is 18.2 Å². The lowest BCUT2D eigenvalue weighted by atomic mass is 9.87. The Labute approximate surface area is 194 Å². The van der Waals surface area contributed by atoms with E-state index in [0.29, 0.717) is 50.7 Å². The molecular weight excluding hydrogens is 424 g/mol. The zero-order valence-electron chi connectivity index (χ0n) is 19.2. The van der Waals surface area contributed by atoms with Crippen LogP contribution in [-0.4, -0.2) is 61.7 Å². The van der Waals surface area contributed by atoms with Crippen molar-refractivity contribution in [3.8, 4) is 5.75 Å². The fourth-order valence-corrected chi connectivity index (χ4v) is 4.95. The van der Waals surface area contributed by atoms with Crippen molar-refractivity contribution >= 4 is 17.7 Å². The number of hydrogen-bond donors (Lipinski definition) is 1. The van der Waals surface area contributed by atoms with Crippen molar-refractivity contribution in [3.63, 3.8) is 0 Å². The highest BCUT2D eigenvalue weighted by molar-refractivity contribution is 6.05. The Kier molecular flexibility index (Phi) is 8.34. The van der Waals surface area contributed by atoms with E-state index in [9.17, 15) is 14.4 Å². The Morgan fingerprint density at radius 3 is 2.45 bits per heavy atom. The number of carbonyl (C=O) groups excluding carboxylic acids is 3. The molecule has 1 unspecified atom stereocenters. The van der Waals surface area contributed by atoms with Crippen LogP contribution in [0.3, 0.4) is 0 Å². The number of piperidine rings is 1. The number of nitrogens with zero attached hydrogens (tertiary/aromatic N) is 1. The molecule has 3 aliphatic rings. The third-order valence-corrected chi connectivity index (χ3v) is 6.79. The number of benzene rings is 1. The molecule has 2 aliphatic heterocycles. The molecule has 1 atom stereocenters. The third-order valence-electron chi connectivity index (χ3n) is 6.79. The molecule has 0 aromatic heterocycles. The van der Waals surface area contributed by atoms with E-state index in [1.165, 1.54) is 37.0 Å². The van der Waals surface area contributed by atoms with E-state index in [4.69, 9.17) is 14.2 Å². The van der Waals surface area contributed by atoms with Gasteiger partial charge in [0.05, 0.1) is 26.4 Å². The molecule has 1 saturated carbocycles. The van der Waals surface area contributed by atoms with Crippen LogP contribution in [-0.2, 0) is 25.6 Å². The van der Waals surface area contributed by atoms with Gasteiger partial charge in [-0.3, -0.25) is 19.7 Å². The van der Waals surface area contributed by atoms with Crippen molar-refractivity contribution in [1.82, 2.24) is 10.2 Å². The number of hydrogen-bond acceptors (Lipinski definition) is 6. The van der Waals surface area contributed by atoms with Crippen molar-refractivity contribution in [1.29, 1.82) is 0 Å². The van der Waals surface area contributed by atoms with Crippen molar-refractivity contribution in [2.75, 3.05) is 33.0 Å². The Balaban J connectivity index is 1.16. The van der Waals surface area contributed by atoms with Gasteiger partial charge in [0.1, 0.15) is 18.4 Å². The molecule has 0 radical (unpaired) electrons. The molecule has 1 aromatic carbocycles. The second-order valence-electron chi connectivity index (χ2n) is 9.05. The summed E-state index contributed by atoms with van der Waals surface area (Å²) in [6, 6.07) is 4.73. The highest BCUT2D eigenvalue weighted by atomic mass is 16.5. The van der Waals surface area contributed by atoms with Gasteiger partial charge >= 0.3 is 0 Å². The summed E-state index contributed by atoms with van der Waals surface area (Å²) in [5, 5.41) is 2.32. The maximum absolute atomic E-state index is 12.8. The van der Waals surface area contributed by atoms with E-state index in [0.717, 1.165) is 24.5 Å². The van der Waals surface area contributed by atoms with E-state index in [1.807, 2.05) is 6.07 Å². The Morgan fingerprint density at radius 2 is 1.67 bits per heavy atom. The number of ether oxygens (including phenoxy) is 3. The molecule has 2 fully saturated rings. The highest BCUT2D eigenvalue weighted by Crippen LogP contribution is 2.33. The van der Waals surface area contributed by atoms with Crippen molar-refractivity contribution in [3.05, 3.63) is 29.3 Å². The van der Waals surface area contributed by atoms with Gasteiger partial charge in [-0.2, -0.15) is 0 Å². The fraction of sp³-hybridized carbons (Fsp3) is 0.640. The van der Waals surface area contributed by atoms with Gasteiger partial charge in [0.2, 0.25) is 11.8 Å². The first-order valence-corrected chi connectivity index (χ1v) is 12.2. The summed E-state index contributed by atoms with van der Waals surface area (Å²) in [6.45, 7) is 3.02. The summed E-state index contributed by atoms with van der Waals surface area (Å²) < 4.78 is 17.2. The van der Waals surface area contributed by atoms with Crippen LogP contribution >= 0.6 is 0 Å². The van der Waals surface area contributed by atoms with E-state index in [2.05, 4.69) is 5.32 Å². The minimum Gasteiger partial charge on any atom is -0.491 e. The lowest BCUT2D eigenvalue weighted by molar-refractivity contribution is -0.136. The first kappa shape index (κ1) is 23.7. The average Bonchev–Trinajstić information content (AvgIpc) is 3.15. The molecule has 1 N–H and O–H groups in total. The summed E-state index contributed by atoms with van der Waals surface area (Å²) in [5.74, 6) is 0.552. The first-order valence-electron chi connectivity index (χ1n) is 12.2. The van der Waals surface area contributed by atoms with Gasteiger partial charge < -0.3 is 19.1 Å². The molecule has 180 valence electrons. The molecule has 33 heavy (non-hydrogen) atoms. The monoisotopic (exact) mass is 458 g/mol. The van der Waals surface area contributed by atoms with Gasteiger partial charge in [-0.25, -0.2) is 0 Å². The summed E-state index contributed by atoms with van der Waals surface area (Å²) in [7, 11) is 0. The molecule has 1 saturated heterocycles. The van der Waals surface area contributed by atoms with Crippen LogP contribution < -0.4 is 10.1 Å². The second-order valence-corrected chi connectivity index (χ2v) is 9.05. The van der Waals surface area contributed by atoms with Gasteiger partial charge in [0, 0.05) is 24.2 Å². The molecule has 1 aromatic rings. The lowest BCUT2D eigenvalue weighted by Crippen LogP contribution is -2.52. The maximum Gasteiger partial charge on any atom is 0.255 e. The normalized spacial score (nSPS) is 21.3. The number of nitrogens with one attached hydrogen (secondary N) is 1. The largest absolute Gasteiger partial charge is 0.491 e. The molecule has 2 heterocycles. The smallest absolute Gasteiger partial charge is 0.255 e. The molecule has 3 amide bonds.